The number of halogens is 1. The van der Waals surface area contributed by atoms with Crippen LogP contribution in [0.2, 0.25) is 0 Å². The summed E-state index contributed by atoms with van der Waals surface area (Å²) in [5.41, 5.74) is 3.85. The molecule has 0 radical (unpaired) electrons. The smallest absolute Gasteiger partial charge is 0.264 e. The minimum atomic E-state index is -4.16. The summed E-state index contributed by atoms with van der Waals surface area (Å²) in [5, 5.41) is 3.07. The molecule has 0 spiro atoms. The van der Waals surface area contributed by atoms with E-state index in [0.717, 1.165) is 33.1 Å². The van der Waals surface area contributed by atoms with Gasteiger partial charge in [-0.1, -0.05) is 108 Å². The number of aryl methyl sites for hydroxylation is 2. The third-order valence-corrected chi connectivity index (χ3v) is 10.4. The summed E-state index contributed by atoms with van der Waals surface area (Å²) in [5.74, 6) is -0.768. The van der Waals surface area contributed by atoms with Crippen molar-refractivity contribution < 1.29 is 18.0 Å². The molecule has 0 saturated carbocycles. The highest BCUT2D eigenvalue weighted by Crippen LogP contribution is 2.29. The van der Waals surface area contributed by atoms with Gasteiger partial charge in [0.15, 0.2) is 0 Å². The second-order valence-electron chi connectivity index (χ2n) is 11.5. The summed E-state index contributed by atoms with van der Waals surface area (Å²) in [7, 11) is -4.16. The van der Waals surface area contributed by atoms with E-state index in [2.05, 4.69) is 21.2 Å². The fourth-order valence-electron chi connectivity index (χ4n) is 5.19. The molecule has 9 heteroatoms. The Bertz CT molecular complexity index is 1710. The molecule has 0 aliphatic rings. The van der Waals surface area contributed by atoms with Crippen molar-refractivity contribution in [3.8, 4) is 0 Å². The highest BCUT2D eigenvalue weighted by Gasteiger charge is 2.35. The van der Waals surface area contributed by atoms with Gasteiger partial charge in [-0.25, -0.2) is 8.42 Å². The zero-order valence-corrected chi connectivity index (χ0v) is 29.2. The van der Waals surface area contributed by atoms with Gasteiger partial charge in [-0.15, -0.1) is 0 Å². The highest BCUT2D eigenvalue weighted by atomic mass is 79.9. The van der Waals surface area contributed by atoms with Crippen LogP contribution in [0.4, 0.5) is 5.69 Å². The summed E-state index contributed by atoms with van der Waals surface area (Å²) in [6.07, 6.45) is 1.56. The lowest BCUT2D eigenvalue weighted by atomic mass is 10.0. The van der Waals surface area contributed by atoms with Crippen molar-refractivity contribution >= 4 is 43.5 Å². The molecule has 0 aromatic heterocycles. The van der Waals surface area contributed by atoms with Crippen molar-refractivity contribution in [2.45, 2.75) is 70.5 Å². The summed E-state index contributed by atoms with van der Waals surface area (Å²) in [4.78, 5) is 30.2. The fraction of sp³-hybridized carbons (Fsp3) is 0.297. The number of nitrogens with one attached hydrogen (secondary N) is 1. The Kier molecular flexibility index (Phi) is 12.2. The molecule has 46 heavy (non-hydrogen) atoms. The Labute approximate surface area is 281 Å². The normalized spacial score (nSPS) is 12.6. The molecular formula is C37H42BrN3O4S. The number of para-hydroxylation sites is 1. The van der Waals surface area contributed by atoms with Crippen LogP contribution in [0.1, 0.15) is 49.4 Å². The molecule has 4 aromatic rings. The number of benzene rings is 4. The fourth-order valence-corrected chi connectivity index (χ4v) is 6.90. The minimum Gasteiger partial charge on any atom is -0.352 e. The monoisotopic (exact) mass is 703 g/mol. The predicted molar refractivity (Wildman–Crippen MR) is 188 cm³/mol. The first kappa shape index (κ1) is 34.9. The second-order valence-corrected chi connectivity index (χ2v) is 14.3. The van der Waals surface area contributed by atoms with E-state index >= 15 is 0 Å². The van der Waals surface area contributed by atoms with Gasteiger partial charge >= 0.3 is 0 Å². The maximum Gasteiger partial charge on any atom is 0.264 e. The standard InChI is InChI=1S/C37H42BrN3O4S/c1-5-28(4)39-37(43)35(24-29-12-8-7-9-13-29)40(25-30-18-20-32(38)21-19-30)36(42)26-41(34-15-11-10-14-31(34)6-2)46(44,45)33-22-16-27(3)17-23-33/h7-23,28,35H,5-6,24-26H2,1-4H3,(H,39,43). The van der Waals surface area contributed by atoms with Crippen LogP contribution in [0.3, 0.4) is 0 Å². The van der Waals surface area contributed by atoms with Crippen LogP contribution < -0.4 is 9.62 Å². The molecule has 242 valence electrons. The molecular weight excluding hydrogens is 662 g/mol. The van der Waals surface area contributed by atoms with Gasteiger partial charge in [-0.05, 0) is 73.7 Å². The van der Waals surface area contributed by atoms with Crippen LogP contribution in [-0.4, -0.2) is 43.8 Å². The quantitative estimate of drug-likeness (QED) is 0.152. The lowest BCUT2D eigenvalue weighted by molar-refractivity contribution is -0.140. The second kappa shape index (κ2) is 16.1. The van der Waals surface area contributed by atoms with Crippen molar-refractivity contribution in [2.24, 2.45) is 0 Å². The first-order valence-electron chi connectivity index (χ1n) is 15.6. The van der Waals surface area contributed by atoms with Gasteiger partial charge in [-0.3, -0.25) is 13.9 Å². The summed E-state index contributed by atoms with van der Waals surface area (Å²) in [6.45, 7) is 7.39. The maximum atomic E-state index is 14.7. The van der Waals surface area contributed by atoms with Crippen LogP contribution in [0.15, 0.2) is 112 Å². The number of hydrogen-bond acceptors (Lipinski definition) is 4. The van der Waals surface area contributed by atoms with Gasteiger partial charge in [-0.2, -0.15) is 0 Å². The van der Waals surface area contributed by atoms with E-state index in [9.17, 15) is 18.0 Å². The maximum absolute atomic E-state index is 14.7. The molecule has 0 fully saturated rings. The Balaban J connectivity index is 1.83. The lowest BCUT2D eigenvalue weighted by Crippen LogP contribution is -2.54. The Morgan fingerprint density at radius 3 is 2.09 bits per heavy atom. The van der Waals surface area contributed by atoms with Crippen molar-refractivity contribution in [3.63, 3.8) is 0 Å². The summed E-state index contributed by atoms with van der Waals surface area (Å²) in [6, 6.07) is 30.0. The summed E-state index contributed by atoms with van der Waals surface area (Å²) < 4.78 is 30.7. The SMILES string of the molecule is CCc1ccccc1N(CC(=O)N(Cc1ccc(Br)cc1)C(Cc1ccccc1)C(=O)NC(C)CC)S(=O)(=O)c1ccc(C)cc1. The molecule has 0 bridgehead atoms. The third kappa shape index (κ3) is 8.85. The van der Waals surface area contributed by atoms with Gasteiger partial charge in [0.1, 0.15) is 12.6 Å². The zero-order chi connectivity index (χ0) is 33.3. The van der Waals surface area contributed by atoms with Crippen LogP contribution in [0, 0.1) is 6.92 Å². The molecule has 4 aromatic carbocycles. The Hall–Kier alpha value is -3.95. The van der Waals surface area contributed by atoms with Crippen LogP contribution in [0.25, 0.3) is 0 Å². The molecule has 7 nitrogen and oxygen atoms in total. The molecule has 2 atom stereocenters. The predicted octanol–water partition coefficient (Wildman–Crippen LogP) is 7.07. The number of amides is 2. The average molecular weight is 705 g/mol. The number of carbonyl (C=O) groups excluding carboxylic acids is 2. The molecule has 2 amide bonds. The average Bonchev–Trinajstić information content (AvgIpc) is 3.06. The van der Waals surface area contributed by atoms with Crippen molar-refractivity contribution in [2.75, 3.05) is 10.8 Å². The van der Waals surface area contributed by atoms with E-state index in [0.29, 0.717) is 12.1 Å². The minimum absolute atomic E-state index is 0.0895. The number of anilines is 1. The molecule has 2 unspecified atom stereocenters. The molecule has 0 heterocycles. The number of sulfonamides is 1. The van der Waals surface area contributed by atoms with E-state index in [-0.39, 0.29) is 29.8 Å². The van der Waals surface area contributed by atoms with Crippen molar-refractivity contribution in [3.05, 3.63) is 130 Å². The first-order chi connectivity index (χ1) is 22.0. The topological polar surface area (TPSA) is 86.8 Å². The van der Waals surface area contributed by atoms with Gasteiger partial charge in [0.2, 0.25) is 11.8 Å². The van der Waals surface area contributed by atoms with Crippen LogP contribution in [0.5, 0.6) is 0 Å². The van der Waals surface area contributed by atoms with Crippen LogP contribution >= 0.6 is 15.9 Å². The molecule has 0 aliphatic heterocycles. The summed E-state index contributed by atoms with van der Waals surface area (Å²) >= 11 is 3.47. The lowest BCUT2D eigenvalue weighted by Gasteiger charge is -2.34. The van der Waals surface area contributed by atoms with E-state index < -0.39 is 28.5 Å². The van der Waals surface area contributed by atoms with E-state index in [1.165, 1.54) is 9.21 Å². The number of carbonyl (C=O) groups is 2. The van der Waals surface area contributed by atoms with E-state index in [1.807, 2.05) is 94.4 Å². The number of hydrogen-bond donors (Lipinski definition) is 1. The Morgan fingerprint density at radius 2 is 1.46 bits per heavy atom. The Morgan fingerprint density at radius 1 is 0.826 bits per heavy atom. The molecule has 1 N–H and O–H groups in total. The van der Waals surface area contributed by atoms with Gasteiger partial charge in [0.05, 0.1) is 10.6 Å². The zero-order valence-electron chi connectivity index (χ0n) is 26.8. The molecule has 4 rings (SSSR count). The van der Waals surface area contributed by atoms with Gasteiger partial charge in [0.25, 0.3) is 10.0 Å². The van der Waals surface area contributed by atoms with Crippen LogP contribution in [-0.2, 0) is 39.0 Å². The highest BCUT2D eigenvalue weighted by molar-refractivity contribution is 9.10. The number of rotatable bonds is 14. The van der Waals surface area contributed by atoms with Crippen molar-refractivity contribution in [1.82, 2.24) is 10.2 Å². The van der Waals surface area contributed by atoms with Gasteiger partial charge in [0, 0.05) is 23.5 Å². The van der Waals surface area contributed by atoms with Gasteiger partial charge < -0.3 is 10.2 Å². The molecule has 0 aliphatic carbocycles. The van der Waals surface area contributed by atoms with Crippen molar-refractivity contribution in [1.29, 1.82) is 0 Å². The molecule has 0 saturated heterocycles. The largest absolute Gasteiger partial charge is 0.352 e. The van der Waals surface area contributed by atoms with E-state index in [1.54, 1.807) is 36.4 Å². The third-order valence-electron chi connectivity index (χ3n) is 8.07. The first-order valence-corrected chi connectivity index (χ1v) is 17.8. The van der Waals surface area contributed by atoms with E-state index in [4.69, 9.17) is 0 Å². The number of nitrogens with zero attached hydrogens (tertiary/aromatic N) is 2.